The summed E-state index contributed by atoms with van der Waals surface area (Å²) < 4.78 is 61.9. The summed E-state index contributed by atoms with van der Waals surface area (Å²) in [6.45, 7) is 2.99. The molecule has 0 saturated heterocycles. The molecule has 1 atom stereocenters. The maximum absolute atomic E-state index is 14.8. The van der Waals surface area contributed by atoms with Crippen LogP contribution in [0.5, 0.6) is 0 Å². The van der Waals surface area contributed by atoms with E-state index >= 15 is 0 Å². The van der Waals surface area contributed by atoms with E-state index in [1.807, 2.05) is 0 Å². The third-order valence-corrected chi connectivity index (χ3v) is 3.71. The molecule has 1 unspecified atom stereocenters. The summed E-state index contributed by atoms with van der Waals surface area (Å²) in [6, 6.07) is 2.72. The van der Waals surface area contributed by atoms with Gasteiger partial charge in [-0.05, 0) is 37.6 Å². The number of hydrogen-bond donors (Lipinski definition) is 1. The van der Waals surface area contributed by atoms with Crippen molar-refractivity contribution in [2.24, 2.45) is 5.73 Å². The molecule has 142 valence electrons. The Morgan fingerprint density at radius 2 is 1.73 bits per heavy atom. The first-order chi connectivity index (χ1) is 11.8. The minimum absolute atomic E-state index is 0. The van der Waals surface area contributed by atoms with Crippen molar-refractivity contribution in [1.82, 2.24) is 0 Å². The molecule has 0 aliphatic heterocycles. The highest BCUT2D eigenvalue weighted by Crippen LogP contribution is 2.35. The van der Waals surface area contributed by atoms with Crippen LogP contribution in [0.2, 0.25) is 0 Å². The zero-order chi connectivity index (χ0) is 18.7. The highest BCUT2D eigenvalue weighted by atomic mass is 35.5. The van der Waals surface area contributed by atoms with Crippen molar-refractivity contribution < 1.29 is 27.1 Å². The Bertz CT molecular complexity index is 794. The lowest BCUT2D eigenvalue weighted by atomic mass is 9.93. The van der Waals surface area contributed by atoms with Crippen molar-refractivity contribution >= 4 is 18.4 Å². The monoisotopic (exact) mass is 391 g/mol. The van der Waals surface area contributed by atoms with Crippen molar-refractivity contribution in [3.8, 4) is 11.1 Å². The minimum atomic E-state index is -1.35. The maximum atomic E-state index is 14.8. The smallest absolute Gasteiger partial charge is 0.307 e. The molecular weight excluding hydrogens is 374 g/mol. The molecule has 2 aromatic rings. The molecule has 2 aromatic carbocycles. The van der Waals surface area contributed by atoms with Crippen LogP contribution in [0.4, 0.5) is 17.6 Å². The third-order valence-electron chi connectivity index (χ3n) is 3.71. The molecule has 3 nitrogen and oxygen atoms in total. The first-order valence-corrected chi connectivity index (χ1v) is 7.62. The van der Waals surface area contributed by atoms with Gasteiger partial charge in [0.25, 0.3) is 0 Å². The summed E-state index contributed by atoms with van der Waals surface area (Å²) in [4.78, 5) is 11.5. The average molecular weight is 392 g/mol. The molecule has 0 radical (unpaired) electrons. The molecule has 2 N–H and O–H groups in total. The van der Waals surface area contributed by atoms with Crippen LogP contribution in [0, 0.1) is 30.2 Å². The van der Waals surface area contributed by atoms with Crippen molar-refractivity contribution in [2.75, 3.05) is 6.61 Å². The number of carbonyl (C=O) groups is 1. The van der Waals surface area contributed by atoms with Crippen LogP contribution >= 0.6 is 12.4 Å². The van der Waals surface area contributed by atoms with Gasteiger partial charge in [-0.2, -0.15) is 0 Å². The van der Waals surface area contributed by atoms with Gasteiger partial charge in [-0.25, -0.2) is 17.6 Å². The van der Waals surface area contributed by atoms with Crippen LogP contribution in [0.25, 0.3) is 11.1 Å². The first-order valence-electron chi connectivity index (χ1n) is 7.62. The van der Waals surface area contributed by atoms with E-state index in [1.165, 1.54) is 6.92 Å². The van der Waals surface area contributed by atoms with E-state index in [0.717, 1.165) is 24.3 Å². The van der Waals surface area contributed by atoms with Gasteiger partial charge in [0.15, 0.2) is 0 Å². The van der Waals surface area contributed by atoms with Gasteiger partial charge in [0.2, 0.25) is 0 Å². The summed E-state index contributed by atoms with van der Waals surface area (Å²) in [6.07, 6.45) is -0.468. The molecule has 0 heterocycles. The van der Waals surface area contributed by atoms with E-state index in [4.69, 9.17) is 10.5 Å². The van der Waals surface area contributed by atoms with Crippen LogP contribution in [-0.2, 0) is 9.53 Å². The summed E-state index contributed by atoms with van der Waals surface area (Å²) in [7, 11) is 0. The number of rotatable bonds is 5. The molecule has 0 bridgehead atoms. The highest BCUT2D eigenvalue weighted by Gasteiger charge is 2.26. The zero-order valence-corrected chi connectivity index (χ0v) is 14.9. The molecular formula is C18H18ClF4NO2. The Morgan fingerprint density at radius 1 is 1.15 bits per heavy atom. The fraction of sp³-hybridized carbons (Fsp3) is 0.278. The van der Waals surface area contributed by atoms with Gasteiger partial charge in [-0.3, -0.25) is 4.79 Å². The second-order valence-corrected chi connectivity index (χ2v) is 5.49. The van der Waals surface area contributed by atoms with Crippen molar-refractivity contribution in [1.29, 1.82) is 0 Å². The van der Waals surface area contributed by atoms with E-state index in [9.17, 15) is 22.4 Å². The van der Waals surface area contributed by atoms with Crippen molar-refractivity contribution in [3.63, 3.8) is 0 Å². The zero-order valence-electron chi connectivity index (χ0n) is 14.1. The van der Waals surface area contributed by atoms with E-state index in [2.05, 4.69) is 0 Å². The summed E-state index contributed by atoms with van der Waals surface area (Å²) in [5, 5.41) is 0. The van der Waals surface area contributed by atoms with Gasteiger partial charge in [-0.1, -0.05) is 6.07 Å². The Hall–Kier alpha value is -2.12. The van der Waals surface area contributed by atoms with Crippen LogP contribution in [0.15, 0.2) is 24.3 Å². The summed E-state index contributed by atoms with van der Waals surface area (Å²) in [5.74, 6) is -4.88. The van der Waals surface area contributed by atoms with Gasteiger partial charge in [0.05, 0.1) is 18.6 Å². The average Bonchev–Trinajstić information content (AvgIpc) is 2.52. The second kappa shape index (κ2) is 9.00. The number of nitrogens with two attached hydrogens (primary N) is 1. The molecule has 2 rings (SSSR count). The molecule has 0 aliphatic carbocycles. The molecule has 0 spiro atoms. The maximum Gasteiger partial charge on any atom is 0.307 e. The van der Waals surface area contributed by atoms with E-state index < -0.39 is 58.4 Å². The summed E-state index contributed by atoms with van der Waals surface area (Å²) in [5.41, 5.74) is 4.03. The Morgan fingerprint density at radius 3 is 2.27 bits per heavy atom. The largest absolute Gasteiger partial charge is 0.466 e. The molecule has 26 heavy (non-hydrogen) atoms. The van der Waals surface area contributed by atoms with E-state index in [0.29, 0.717) is 0 Å². The minimum Gasteiger partial charge on any atom is -0.466 e. The molecule has 0 aliphatic rings. The quantitative estimate of drug-likeness (QED) is 0.599. The van der Waals surface area contributed by atoms with Gasteiger partial charge in [0, 0.05) is 17.2 Å². The number of hydrogen-bond acceptors (Lipinski definition) is 3. The number of ether oxygens (including phenoxy) is 1. The topological polar surface area (TPSA) is 52.3 Å². The lowest BCUT2D eigenvalue weighted by molar-refractivity contribution is -0.143. The molecule has 0 fully saturated rings. The van der Waals surface area contributed by atoms with E-state index in [1.54, 1.807) is 6.92 Å². The van der Waals surface area contributed by atoms with Gasteiger partial charge < -0.3 is 10.5 Å². The first kappa shape index (κ1) is 21.9. The Balaban J connectivity index is 0.00000338. The van der Waals surface area contributed by atoms with Crippen molar-refractivity contribution in [2.45, 2.75) is 26.3 Å². The third kappa shape index (κ3) is 4.34. The van der Waals surface area contributed by atoms with E-state index in [-0.39, 0.29) is 24.6 Å². The van der Waals surface area contributed by atoms with Crippen molar-refractivity contribution in [3.05, 3.63) is 58.7 Å². The SMILES string of the molecule is CCOC(=O)CC(N)c1c(F)c(C)cc(-c2c(F)cccc2F)c1F.Cl. The Kier molecular flexibility index (Phi) is 7.59. The predicted octanol–water partition coefficient (Wildman–Crippen LogP) is 4.59. The number of halogens is 5. The number of benzene rings is 2. The number of esters is 1. The number of aryl methyl sites for hydroxylation is 1. The lowest BCUT2D eigenvalue weighted by Crippen LogP contribution is -2.20. The molecule has 0 aromatic heterocycles. The fourth-order valence-electron chi connectivity index (χ4n) is 2.56. The van der Waals surface area contributed by atoms with Crippen LogP contribution in [0.3, 0.4) is 0 Å². The molecule has 0 saturated carbocycles. The normalized spacial score (nSPS) is 11.7. The van der Waals surface area contributed by atoms with Crippen LogP contribution < -0.4 is 5.73 Å². The standard InChI is InChI=1S/C18H17F4NO2.ClH/c1-3-25-14(24)8-13(23)16-17(21)9(2)7-10(18(16)22)15-11(19)5-4-6-12(15)20;/h4-7,13H,3,8,23H2,1-2H3;1H. The van der Waals surface area contributed by atoms with Gasteiger partial charge in [-0.15, -0.1) is 12.4 Å². The van der Waals surface area contributed by atoms with Gasteiger partial charge >= 0.3 is 5.97 Å². The Labute approximate surface area is 154 Å². The van der Waals surface area contributed by atoms with Crippen LogP contribution in [0.1, 0.15) is 30.5 Å². The number of carbonyl (C=O) groups excluding carboxylic acids is 1. The highest BCUT2D eigenvalue weighted by molar-refractivity contribution is 5.85. The predicted molar refractivity (Wildman–Crippen MR) is 91.9 cm³/mol. The fourth-order valence-corrected chi connectivity index (χ4v) is 2.56. The van der Waals surface area contributed by atoms with Crippen LogP contribution in [-0.4, -0.2) is 12.6 Å². The lowest BCUT2D eigenvalue weighted by Gasteiger charge is -2.18. The summed E-state index contributed by atoms with van der Waals surface area (Å²) >= 11 is 0. The molecule has 0 amide bonds. The molecule has 8 heteroatoms. The second-order valence-electron chi connectivity index (χ2n) is 5.49. The van der Waals surface area contributed by atoms with Gasteiger partial charge in [0.1, 0.15) is 23.3 Å².